The minimum absolute atomic E-state index is 0.277. The van der Waals surface area contributed by atoms with Gasteiger partial charge in [-0.05, 0) is 35.0 Å². The van der Waals surface area contributed by atoms with E-state index in [1.54, 1.807) is 38.2 Å². The molecule has 0 heterocycles. The summed E-state index contributed by atoms with van der Waals surface area (Å²) in [6.07, 6.45) is 0. The molecule has 0 aliphatic rings. The van der Waals surface area contributed by atoms with E-state index in [0.29, 0.717) is 11.0 Å². The largest absolute Gasteiger partial charge is 0.244 e. The maximum Gasteiger partial charge on any atom is 0.244 e. The van der Waals surface area contributed by atoms with E-state index in [1.165, 1.54) is 4.31 Å². The van der Waals surface area contributed by atoms with Gasteiger partial charge in [0.15, 0.2) is 0 Å². The molecule has 5 heteroatoms. The summed E-state index contributed by atoms with van der Waals surface area (Å²) in [4.78, 5) is 0.277. The van der Waals surface area contributed by atoms with E-state index >= 15 is 0 Å². The van der Waals surface area contributed by atoms with Crippen molar-refractivity contribution < 1.29 is 8.42 Å². The summed E-state index contributed by atoms with van der Waals surface area (Å²) in [7, 11) is -1.89. The first-order chi connectivity index (χ1) is 7.35. The molecule has 0 saturated heterocycles. The van der Waals surface area contributed by atoms with Gasteiger partial charge in [0.25, 0.3) is 0 Å². The van der Waals surface area contributed by atoms with Crippen LogP contribution in [0.25, 0.3) is 0 Å². The van der Waals surface area contributed by atoms with Crippen LogP contribution in [0.5, 0.6) is 0 Å². The molecule has 1 aromatic rings. The van der Waals surface area contributed by atoms with Gasteiger partial charge in [-0.3, -0.25) is 0 Å². The Kier molecular flexibility index (Phi) is 4.29. The number of hydrogen-bond donors (Lipinski definition) is 0. The monoisotopic (exact) mass is 303 g/mol. The van der Waals surface area contributed by atoms with Crippen molar-refractivity contribution in [3.8, 4) is 0 Å². The van der Waals surface area contributed by atoms with Crippen molar-refractivity contribution in [1.82, 2.24) is 4.31 Å². The molecule has 3 nitrogen and oxygen atoms in total. The maximum atomic E-state index is 12.1. The molecule has 16 heavy (non-hydrogen) atoms. The Bertz CT molecular complexity index is 496. The molecule has 0 aromatic heterocycles. The van der Waals surface area contributed by atoms with Crippen LogP contribution in [0, 0.1) is 0 Å². The van der Waals surface area contributed by atoms with Crippen LogP contribution in [-0.4, -0.2) is 26.3 Å². The highest BCUT2D eigenvalue weighted by Crippen LogP contribution is 2.24. The summed E-state index contributed by atoms with van der Waals surface area (Å²) in [5, 5.41) is 0. The van der Waals surface area contributed by atoms with Crippen LogP contribution in [0.3, 0.4) is 0 Å². The van der Waals surface area contributed by atoms with Gasteiger partial charge in [-0.2, -0.15) is 4.31 Å². The fraction of sp³-hybridized carbons (Fsp3) is 0.273. The number of halogens is 1. The van der Waals surface area contributed by atoms with Gasteiger partial charge in [0.1, 0.15) is 0 Å². The maximum absolute atomic E-state index is 12.1. The molecule has 0 spiro atoms. The molecular weight excluding hydrogens is 290 g/mol. The first-order valence-electron chi connectivity index (χ1n) is 4.71. The van der Waals surface area contributed by atoms with Crippen molar-refractivity contribution in [2.75, 3.05) is 13.6 Å². The average Bonchev–Trinajstić information content (AvgIpc) is 2.16. The van der Waals surface area contributed by atoms with Crippen LogP contribution in [0.15, 0.2) is 45.8 Å². The molecule has 0 fully saturated rings. The first kappa shape index (κ1) is 13.4. The van der Waals surface area contributed by atoms with E-state index in [2.05, 4.69) is 22.5 Å². The molecule has 0 atom stereocenters. The van der Waals surface area contributed by atoms with Gasteiger partial charge in [-0.15, -0.1) is 0 Å². The molecule has 1 rings (SSSR count). The molecule has 1 aromatic carbocycles. The van der Waals surface area contributed by atoms with Crippen molar-refractivity contribution in [2.24, 2.45) is 0 Å². The molecule has 0 unspecified atom stereocenters. The van der Waals surface area contributed by atoms with Crippen LogP contribution in [0.2, 0.25) is 0 Å². The second kappa shape index (κ2) is 5.12. The van der Waals surface area contributed by atoms with Gasteiger partial charge < -0.3 is 0 Å². The molecule has 0 saturated carbocycles. The quantitative estimate of drug-likeness (QED) is 0.802. The normalized spacial score (nSPS) is 11.8. The van der Waals surface area contributed by atoms with Gasteiger partial charge in [0.2, 0.25) is 10.0 Å². The van der Waals surface area contributed by atoms with Crippen molar-refractivity contribution in [3.63, 3.8) is 0 Å². The highest BCUT2D eigenvalue weighted by atomic mass is 79.9. The molecule has 0 radical (unpaired) electrons. The predicted octanol–water partition coefficient (Wildman–Crippen LogP) is 2.65. The summed E-state index contributed by atoms with van der Waals surface area (Å²) >= 11 is 3.24. The van der Waals surface area contributed by atoms with Crippen LogP contribution in [0.1, 0.15) is 6.92 Å². The van der Waals surface area contributed by atoms with E-state index in [0.717, 1.165) is 5.57 Å². The van der Waals surface area contributed by atoms with Gasteiger partial charge >= 0.3 is 0 Å². The average molecular weight is 304 g/mol. The predicted molar refractivity (Wildman–Crippen MR) is 68.8 cm³/mol. The van der Waals surface area contributed by atoms with Gasteiger partial charge in [-0.25, -0.2) is 8.42 Å². The number of sulfonamides is 1. The Morgan fingerprint density at radius 1 is 1.44 bits per heavy atom. The Hall–Kier alpha value is -0.650. The topological polar surface area (TPSA) is 37.4 Å². The fourth-order valence-corrected chi connectivity index (χ4v) is 3.48. The third-order valence-corrected chi connectivity index (χ3v) is 4.83. The van der Waals surface area contributed by atoms with Crippen LogP contribution in [-0.2, 0) is 10.0 Å². The summed E-state index contributed by atoms with van der Waals surface area (Å²) in [5.74, 6) is 0. The lowest BCUT2D eigenvalue weighted by Gasteiger charge is -2.17. The Morgan fingerprint density at radius 2 is 2.00 bits per heavy atom. The molecule has 88 valence electrons. The highest BCUT2D eigenvalue weighted by molar-refractivity contribution is 9.10. The highest BCUT2D eigenvalue weighted by Gasteiger charge is 2.22. The molecule has 0 aliphatic heterocycles. The SMILES string of the molecule is C=C(C)CN(C)S(=O)(=O)c1ccccc1Br. The fourth-order valence-electron chi connectivity index (χ4n) is 1.29. The number of nitrogens with zero attached hydrogens (tertiary/aromatic N) is 1. The van der Waals surface area contributed by atoms with E-state index in [9.17, 15) is 8.42 Å². The summed E-state index contributed by atoms with van der Waals surface area (Å²) < 4.78 is 26.1. The zero-order valence-corrected chi connectivity index (χ0v) is 11.7. The van der Waals surface area contributed by atoms with Crippen LogP contribution >= 0.6 is 15.9 Å². The number of benzene rings is 1. The van der Waals surface area contributed by atoms with Crippen molar-refractivity contribution in [3.05, 3.63) is 40.9 Å². The summed E-state index contributed by atoms with van der Waals surface area (Å²) in [5.41, 5.74) is 0.804. The molecular formula is C11H14BrNO2S. The standard InChI is InChI=1S/C11H14BrNO2S/c1-9(2)8-13(3)16(14,15)11-7-5-4-6-10(11)12/h4-7H,1,8H2,2-3H3. The van der Waals surface area contributed by atoms with E-state index in [4.69, 9.17) is 0 Å². The van der Waals surface area contributed by atoms with Crippen LogP contribution < -0.4 is 0 Å². The number of rotatable bonds is 4. The van der Waals surface area contributed by atoms with Gasteiger partial charge in [-0.1, -0.05) is 24.3 Å². The Balaban J connectivity index is 3.12. The van der Waals surface area contributed by atoms with E-state index in [1.807, 2.05) is 0 Å². The van der Waals surface area contributed by atoms with Crippen molar-refractivity contribution in [2.45, 2.75) is 11.8 Å². The lowest BCUT2D eigenvalue weighted by molar-refractivity contribution is 0.492. The van der Waals surface area contributed by atoms with E-state index < -0.39 is 10.0 Å². The third kappa shape index (κ3) is 2.93. The molecule has 0 amide bonds. The van der Waals surface area contributed by atoms with Crippen molar-refractivity contribution >= 4 is 26.0 Å². The minimum Gasteiger partial charge on any atom is -0.207 e. The zero-order valence-electron chi connectivity index (χ0n) is 9.27. The lowest BCUT2D eigenvalue weighted by Crippen LogP contribution is -2.28. The minimum atomic E-state index is -3.44. The van der Waals surface area contributed by atoms with Crippen molar-refractivity contribution in [1.29, 1.82) is 0 Å². The smallest absolute Gasteiger partial charge is 0.207 e. The van der Waals surface area contributed by atoms with Crippen LogP contribution in [0.4, 0.5) is 0 Å². The molecule has 0 aliphatic carbocycles. The Labute approximate surface area is 105 Å². The molecule has 0 bridgehead atoms. The third-order valence-electron chi connectivity index (χ3n) is 2.02. The van der Waals surface area contributed by atoms with E-state index in [-0.39, 0.29) is 4.90 Å². The van der Waals surface area contributed by atoms with Gasteiger partial charge in [0.05, 0.1) is 4.90 Å². The lowest BCUT2D eigenvalue weighted by atomic mass is 10.4. The zero-order chi connectivity index (χ0) is 12.3. The number of hydrogen-bond acceptors (Lipinski definition) is 2. The summed E-state index contributed by atoms with van der Waals surface area (Å²) in [6.45, 7) is 5.83. The second-order valence-corrected chi connectivity index (χ2v) is 6.52. The summed E-state index contributed by atoms with van der Waals surface area (Å²) in [6, 6.07) is 6.77. The Morgan fingerprint density at radius 3 is 2.50 bits per heavy atom. The molecule has 0 N–H and O–H groups in total. The first-order valence-corrected chi connectivity index (χ1v) is 6.94. The second-order valence-electron chi connectivity index (χ2n) is 3.65. The van der Waals surface area contributed by atoms with Gasteiger partial charge in [0, 0.05) is 18.1 Å². The number of likely N-dealkylation sites (N-methyl/N-ethyl adjacent to an activating group) is 1.